The SMILES string of the molecule is NCC(OCc1ccccc1)OCc1ccccc1. The lowest BCUT2D eigenvalue weighted by molar-refractivity contribution is -0.150. The van der Waals surface area contributed by atoms with Crippen LogP contribution >= 0.6 is 0 Å². The molecule has 0 aliphatic rings. The second-order valence-corrected chi connectivity index (χ2v) is 4.26. The van der Waals surface area contributed by atoms with Crippen molar-refractivity contribution in [2.24, 2.45) is 5.73 Å². The lowest BCUT2D eigenvalue weighted by atomic mass is 10.2. The molecular formula is C16H19NO2. The van der Waals surface area contributed by atoms with Gasteiger partial charge in [-0.1, -0.05) is 60.7 Å². The maximum Gasteiger partial charge on any atom is 0.170 e. The molecule has 2 N–H and O–H groups in total. The van der Waals surface area contributed by atoms with Crippen LogP contribution < -0.4 is 5.73 Å². The second kappa shape index (κ2) is 7.69. The molecule has 0 spiro atoms. The molecular weight excluding hydrogens is 238 g/mol. The first-order chi connectivity index (χ1) is 9.38. The van der Waals surface area contributed by atoms with Crippen LogP contribution in [0.3, 0.4) is 0 Å². The molecule has 0 aliphatic carbocycles. The van der Waals surface area contributed by atoms with Gasteiger partial charge in [0.2, 0.25) is 0 Å². The molecule has 3 nitrogen and oxygen atoms in total. The van der Waals surface area contributed by atoms with Crippen molar-refractivity contribution in [3.63, 3.8) is 0 Å². The summed E-state index contributed by atoms with van der Waals surface area (Å²) in [5.41, 5.74) is 7.88. The molecule has 0 saturated heterocycles. The van der Waals surface area contributed by atoms with Crippen molar-refractivity contribution in [1.82, 2.24) is 0 Å². The van der Waals surface area contributed by atoms with Crippen LogP contribution in [0.1, 0.15) is 11.1 Å². The molecule has 0 bridgehead atoms. The van der Waals surface area contributed by atoms with Crippen molar-refractivity contribution in [2.45, 2.75) is 19.5 Å². The molecule has 0 aliphatic heterocycles. The quantitative estimate of drug-likeness (QED) is 0.776. The van der Waals surface area contributed by atoms with E-state index in [1.807, 2.05) is 60.7 Å². The van der Waals surface area contributed by atoms with Gasteiger partial charge in [-0.3, -0.25) is 0 Å². The van der Waals surface area contributed by atoms with Crippen LogP contribution in [0.15, 0.2) is 60.7 Å². The van der Waals surface area contributed by atoms with Gasteiger partial charge in [0.25, 0.3) is 0 Å². The Morgan fingerprint density at radius 1 is 0.737 bits per heavy atom. The highest BCUT2D eigenvalue weighted by molar-refractivity contribution is 5.14. The molecule has 0 radical (unpaired) electrons. The molecule has 2 aromatic rings. The largest absolute Gasteiger partial charge is 0.347 e. The highest BCUT2D eigenvalue weighted by Crippen LogP contribution is 2.07. The van der Waals surface area contributed by atoms with E-state index in [0.717, 1.165) is 11.1 Å². The zero-order valence-electron chi connectivity index (χ0n) is 10.9. The Hall–Kier alpha value is -1.68. The average Bonchev–Trinajstić information content (AvgIpc) is 2.49. The molecule has 0 fully saturated rings. The molecule has 2 aromatic carbocycles. The van der Waals surface area contributed by atoms with Crippen LogP contribution in [0.5, 0.6) is 0 Å². The fourth-order valence-electron chi connectivity index (χ4n) is 1.71. The molecule has 0 aromatic heterocycles. The van der Waals surface area contributed by atoms with Gasteiger partial charge in [0.05, 0.1) is 13.2 Å². The normalized spacial score (nSPS) is 10.8. The first-order valence-corrected chi connectivity index (χ1v) is 6.39. The third-order valence-electron chi connectivity index (χ3n) is 2.75. The third kappa shape index (κ3) is 4.83. The highest BCUT2D eigenvalue weighted by atomic mass is 16.7. The topological polar surface area (TPSA) is 44.5 Å². The Morgan fingerprint density at radius 2 is 1.16 bits per heavy atom. The summed E-state index contributed by atoms with van der Waals surface area (Å²) in [5, 5.41) is 0. The Bertz CT molecular complexity index is 415. The third-order valence-corrected chi connectivity index (χ3v) is 2.75. The van der Waals surface area contributed by atoms with E-state index in [1.54, 1.807) is 0 Å². The molecule has 0 amide bonds. The number of rotatable bonds is 7. The van der Waals surface area contributed by atoms with E-state index >= 15 is 0 Å². The predicted molar refractivity (Wildman–Crippen MR) is 75.3 cm³/mol. The maximum atomic E-state index is 5.65. The van der Waals surface area contributed by atoms with Crippen LogP contribution in [-0.2, 0) is 22.7 Å². The summed E-state index contributed by atoms with van der Waals surface area (Å²) in [5.74, 6) is 0. The van der Waals surface area contributed by atoms with Crippen molar-refractivity contribution in [3.8, 4) is 0 Å². The predicted octanol–water partition coefficient (Wildman–Crippen LogP) is 2.70. The fourth-order valence-corrected chi connectivity index (χ4v) is 1.71. The maximum absolute atomic E-state index is 5.65. The summed E-state index contributed by atoms with van der Waals surface area (Å²) >= 11 is 0. The van der Waals surface area contributed by atoms with Gasteiger partial charge >= 0.3 is 0 Å². The number of nitrogens with two attached hydrogens (primary N) is 1. The molecule has 0 atom stereocenters. The summed E-state index contributed by atoms with van der Waals surface area (Å²) in [7, 11) is 0. The minimum atomic E-state index is -0.375. The fraction of sp³-hybridized carbons (Fsp3) is 0.250. The number of hydrogen-bond acceptors (Lipinski definition) is 3. The minimum Gasteiger partial charge on any atom is -0.347 e. The van der Waals surface area contributed by atoms with Gasteiger partial charge in [-0.25, -0.2) is 0 Å². The average molecular weight is 257 g/mol. The molecule has 0 saturated carbocycles. The van der Waals surface area contributed by atoms with Crippen LogP contribution in [0, 0.1) is 0 Å². The van der Waals surface area contributed by atoms with Crippen LogP contribution in [0.4, 0.5) is 0 Å². The monoisotopic (exact) mass is 257 g/mol. The van der Waals surface area contributed by atoms with Gasteiger partial charge < -0.3 is 15.2 Å². The summed E-state index contributed by atoms with van der Waals surface area (Å²) in [6.45, 7) is 1.37. The molecule has 3 heteroatoms. The van der Waals surface area contributed by atoms with E-state index in [4.69, 9.17) is 15.2 Å². The lowest BCUT2D eigenvalue weighted by Gasteiger charge is -2.17. The highest BCUT2D eigenvalue weighted by Gasteiger charge is 2.07. The smallest absolute Gasteiger partial charge is 0.170 e. The summed E-state index contributed by atoms with van der Waals surface area (Å²) < 4.78 is 11.3. The van der Waals surface area contributed by atoms with Crippen LogP contribution in [0.2, 0.25) is 0 Å². The first kappa shape index (κ1) is 13.7. The molecule has 0 heterocycles. The first-order valence-electron chi connectivity index (χ1n) is 6.39. The Morgan fingerprint density at radius 3 is 1.53 bits per heavy atom. The van der Waals surface area contributed by atoms with Crippen molar-refractivity contribution in [2.75, 3.05) is 6.54 Å². The van der Waals surface area contributed by atoms with Gasteiger partial charge in [-0.2, -0.15) is 0 Å². The number of benzene rings is 2. The van der Waals surface area contributed by atoms with Gasteiger partial charge in [0.1, 0.15) is 0 Å². The number of hydrogen-bond donors (Lipinski definition) is 1. The van der Waals surface area contributed by atoms with Crippen LogP contribution in [-0.4, -0.2) is 12.8 Å². The second-order valence-electron chi connectivity index (χ2n) is 4.26. The van der Waals surface area contributed by atoms with E-state index in [2.05, 4.69) is 0 Å². The van der Waals surface area contributed by atoms with E-state index in [0.29, 0.717) is 19.8 Å². The van der Waals surface area contributed by atoms with E-state index in [-0.39, 0.29) is 6.29 Å². The van der Waals surface area contributed by atoms with Crippen molar-refractivity contribution >= 4 is 0 Å². The van der Waals surface area contributed by atoms with Crippen LogP contribution in [0.25, 0.3) is 0 Å². The summed E-state index contributed by atoms with van der Waals surface area (Å²) in [6, 6.07) is 20.0. The van der Waals surface area contributed by atoms with Crippen molar-refractivity contribution in [1.29, 1.82) is 0 Å². The molecule has 2 rings (SSSR count). The standard InChI is InChI=1S/C16H19NO2/c17-11-16(18-12-14-7-3-1-4-8-14)19-13-15-9-5-2-6-10-15/h1-10,16H,11-13,17H2. The zero-order chi connectivity index (χ0) is 13.3. The van der Waals surface area contributed by atoms with Gasteiger partial charge in [-0.15, -0.1) is 0 Å². The molecule has 19 heavy (non-hydrogen) atoms. The minimum absolute atomic E-state index is 0.347. The van der Waals surface area contributed by atoms with Gasteiger partial charge in [0, 0.05) is 6.54 Å². The summed E-state index contributed by atoms with van der Waals surface area (Å²) in [6.07, 6.45) is -0.375. The number of ether oxygens (including phenoxy) is 2. The van der Waals surface area contributed by atoms with Gasteiger partial charge in [-0.05, 0) is 11.1 Å². The van der Waals surface area contributed by atoms with Crippen molar-refractivity contribution in [3.05, 3.63) is 71.8 Å². The Balaban J connectivity index is 1.77. The molecule has 0 unspecified atom stereocenters. The molecule has 100 valence electrons. The zero-order valence-corrected chi connectivity index (χ0v) is 10.9. The van der Waals surface area contributed by atoms with Crippen molar-refractivity contribution < 1.29 is 9.47 Å². The Kier molecular flexibility index (Phi) is 5.56. The summed E-state index contributed by atoms with van der Waals surface area (Å²) in [4.78, 5) is 0. The van der Waals surface area contributed by atoms with E-state index < -0.39 is 0 Å². The van der Waals surface area contributed by atoms with Gasteiger partial charge in [0.15, 0.2) is 6.29 Å². The Labute approximate surface area is 114 Å². The lowest BCUT2D eigenvalue weighted by Crippen LogP contribution is -2.26. The van der Waals surface area contributed by atoms with E-state index in [1.165, 1.54) is 0 Å². The van der Waals surface area contributed by atoms with E-state index in [9.17, 15) is 0 Å².